The van der Waals surface area contributed by atoms with E-state index in [2.05, 4.69) is 15.2 Å². The predicted octanol–water partition coefficient (Wildman–Crippen LogP) is 0.269. The standard InChI is InChI=1S/C9H11N2O4S2/c1-15-9(12)7-3-2-4-11(7)17(13,14)8-5-10-6-16-8/h5,7H,2-4H2,1H3. The number of carbonyl (C=O) groups is 1. The molecule has 0 aromatic carbocycles. The van der Waals surface area contributed by atoms with Crippen molar-refractivity contribution in [3.05, 3.63) is 11.7 Å². The Morgan fingerprint density at radius 1 is 1.71 bits per heavy atom. The van der Waals surface area contributed by atoms with Crippen LogP contribution in [0.5, 0.6) is 0 Å². The Kier molecular flexibility index (Phi) is 3.45. The van der Waals surface area contributed by atoms with Gasteiger partial charge in [-0.3, -0.25) is 4.79 Å². The molecule has 1 unspecified atom stereocenters. The number of hydrogen-bond donors (Lipinski definition) is 0. The number of hydrogen-bond acceptors (Lipinski definition) is 6. The molecule has 1 aromatic heterocycles. The van der Waals surface area contributed by atoms with Crippen molar-refractivity contribution in [2.75, 3.05) is 13.7 Å². The van der Waals surface area contributed by atoms with Crippen LogP contribution in [-0.4, -0.2) is 43.4 Å². The maximum atomic E-state index is 12.2. The summed E-state index contributed by atoms with van der Waals surface area (Å²) in [7, 11) is -2.39. The van der Waals surface area contributed by atoms with Crippen LogP contribution in [0.15, 0.2) is 10.4 Å². The molecule has 17 heavy (non-hydrogen) atoms. The van der Waals surface area contributed by atoms with Crippen LogP contribution in [0.4, 0.5) is 0 Å². The van der Waals surface area contributed by atoms with E-state index in [1.807, 2.05) is 0 Å². The van der Waals surface area contributed by atoms with E-state index in [9.17, 15) is 13.2 Å². The minimum absolute atomic E-state index is 0.105. The van der Waals surface area contributed by atoms with Gasteiger partial charge >= 0.3 is 5.97 Å². The van der Waals surface area contributed by atoms with Gasteiger partial charge in [-0.2, -0.15) is 4.31 Å². The van der Waals surface area contributed by atoms with Gasteiger partial charge in [-0.25, -0.2) is 13.4 Å². The molecule has 8 heteroatoms. The molecule has 0 spiro atoms. The quantitative estimate of drug-likeness (QED) is 0.740. The van der Waals surface area contributed by atoms with E-state index in [0.717, 1.165) is 11.3 Å². The van der Waals surface area contributed by atoms with Crippen molar-refractivity contribution < 1.29 is 17.9 Å². The van der Waals surface area contributed by atoms with Gasteiger partial charge in [0.2, 0.25) is 0 Å². The lowest BCUT2D eigenvalue weighted by Gasteiger charge is -2.20. The zero-order chi connectivity index (χ0) is 12.5. The molecular weight excluding hydrogens is 264 g/mol. The number of rotatable bonds is 3. The lowest BCUT2D eigenvalue weighted by Crippen LogP contribution is -2.40. The zero-order valence-electron chi connectivity index (χ0n) is 9.12. The van der Waals surface area contributed by atoms with Crippen molar-refractivity contribution in [3.8, 4) is 0 Å². The summed E-state index contributed by atoms with van der Waals surface area (Å²) in [6, 6.07) is -0.716. The molecular formula is C9H11N2O4S2. The molecule has 1 aliphatic heterocycles. The molecule has 1 aromatic rings. The third-order valence-electron chi connectivity index (χ3n) is 2.61. The molecule has 0 bridgehead atoms. The fourth-order valence-corrected chi connectivity index (χ4v) is 4.25. The normalized spacial score (nSPS) is 21.6. The molecule has 0 amide bonds. The summed E-state index contributed by atoms with van der Waals surface area (Å²) in [6.07, 6.45) is 2.39. The van der Waals surface area contributed by atoms with Gasteiger partial charge in [-0.1, -0.05) is 11.3 Å². The maximum absolute atomic E-state index is 12.2. The Morgan fingerprint density at radius 3 is 3.06 bits per heavy atom. The number of methoxy groups -OCH3 is 1. The molecule has 1 atom stereocenters. The van der Waals surface area contributed by atoms with Gasteiger partial charge in [0, 0.05) is 6.54 Å². The van der Waals surface area contributed by atoms with Gasteiger partial charge in [0.25, 0.3) is 10.0 Å². The number of aromatic nitrogens is 1. The average molecular weight is 275 g/mol. The molecule has 2 rings (SSSR count). The Morgan fingerprint density at radius 2 is 2.47 bits per heavy atom. The van der Waals surface area contributed by atoms with Crippen molar-refractivity contribution in [1.29, 1.82) is 0 Å². The van der Waals surface area contributed by atoms with E-state index in [-0.39, 0.29) is 4.21 Å². The van der Waals surface area contributed by atoms with Crippen molar-refractivity contribution in [2.24, 2.45) is 0 Å². The van der Waals surface area contributed by atoms with Crippen molar-refractivity contribution >= 4 is 27.3 Å². The first-order chi connectivity index (χ1) is 8.07. The number of esters is 1. The number of nitrogens with zero attached hydrogens (tertiary/aromatic N) is 2. The fourth-order valence-electron chi connectivity index (χ4n) is 1.81. The highest BCUT2D eigenvalue weighted by atomic mass is 32.2. The molecule has 0 saturated carbocycles. The van der Waals surface area contributed by atoms with Crippen LogP contribution < -0.4 is 0 Å². The molecule has 1 fully saturated rings. The average Bonchev–Trinajstić information content (AvgIpc) is 2.98. The van der Waals surface area contributed by atoms with E-state index >= 15 is 0 Å². The summed E-state index contributed by atoms with van der Waals surface area (Å²) < 4.78 is 30.3. The topological polar surface area (TPSA) is 76.6 Å². The van der Waals surface area contributed by atoms with E-state index in [0.29, 0.717) is 19.4 Å². The fraction of sp³-hybridized carbons (Fsp3) is 0.556. The molecule has 1 radical (unpaired) electrons. The first-order valence-electron chi connectivity index (χ1n) is 4.99. The Bertz CT molecular complexity index is 497. The van der Waals surface area contributed by atoms with Crippen molar-refractivity contribution in [3.63, 3.8) is 0 Å². The van der Waals surface area contributed by atoms with Crippen LogP contribution in [0.1, 0.15) is 12.8 Å². The summed E-state index contributed by atoms with van der Waals surface area (Å²) in [6.45, 7) is 0.333. The molecule has 0 N–H and O–H groups in total. The summed E-state index contributed by atoms with van der Waals surface area (Å²) in [4.78, 5) is 15.1. The summed E-state index contributed by atoms with van der Waals surface area (Å²) in [5, 5.41) is 0. The van der Waals surface area contributed by atoms with Crippen LogP contribution in [-0.2, 0) is 19.6 Å². The highest BCUT2D eigenvalue weighted by molar-refractivity contribution is 7.91. The number of ether oxygens (including phenoxy) is 1. The first kappa shape index (κ1) is 12.5. The van der Waals surface area contributed by atoms with Crippen molar-refractivity contribution in [1.82, 2.24) is 9.29 Å². The second-order valence-corrected chi connectivity index (χ2v) is 6.51. The molecule has 0 aliphatic carbocycles. The second-order valence-electron chi connectivity index (χ2n) is 3.57. The summed E-state index contributed by atoms with van der Waals surface area (Å²) >= 11 is 0.920. The minimum Gasteiger partial charge on any atom is -0.468 e. The number of thiazole rings is 1. The van der Waals surface area contributed by atoms with Gasteiger partial charge in [0.15, 0.2) is 9.72 Å². The molecule has 1 saturated heterocycles. The van der Waals surface area contributed by atoms with E-state index in [4.69, 9.17) is 0 Å². The molecule has 93 valence electrons. The molecule has 1 aliphatic rings. The second kappa shape index (κ2) is 4.71. The number of carbonyl (C=O) groups excluding carboxylic acids is 1. The molecule has 2 heterocycles. The SMILES string of the molecule is COC(=O)C1CCCN1S(=O)(=O)c1cn[c]s1. The van der Waals surface area contributed by atoms with Gasteiger partial charge in [0.1, 0.15) is 6.04 Å². The lowest BCUT2D eigenvalue weighted by molar-refractivity contribution is -0.144. The van der Waals surface area contributed by atoms with Crippen LogP contribution in [0.2, 0.25) is 0 Å². The van der Waals surface area contributed by atoms with Gasteiger partial charge in [-0.05, 0) is 12.8 Å². The first-order valence-corrected chi connectivity index (χ1v) is 7.24. The van der Waals surface area contributed by atoms with Crippen LogP contribution >= 0.6 is 11.3 Å². The Balaban J connectivity index is 2.31. The number of sulfonamides is 1. The lowest BCUT2D eigenvalue weighted by atomic mass is 10.2. The predicted molar refractivity (Wildman–Crippen MR) is 59.9 cm³/mol. The highest BCUT2D eigenvalue weighted by Crippen LogP contribution is 2.28. The van der Waals surface area contributed by atoms with E-state index in [1.165, 1.54) is 17.6 Å². The van der Waals surface area contributed by atoms with Gasteiger partial charge in [0.05, 0.1) is 13.3 Å². The van der Waals surface area contributed by atoms with Crippen molar-refractivity contribution in [2.45, 2.75) is 23.1 Å². The summed E-state index contributed by atoms with van der Waals surface area (Å²) in [5.74, 6) is -0.514. The Hall–Kier alpha value is -0.990. The third kappa shape index (κ3) is 2.20. The van der Waals surface area contributed by atoms with Gasteiger partial charge in [-0.15, -0.1) is 0 Å². The monoisotopic (exact) mass is 275 g/mol. The molecule has 6 nitrogen and oxygen atoms in total. The van der Waals surface area contributed by atoms with E-state index < -0.39 is 22.0 Å². The maximum Gasteiger partial charge on any atom is 0.324 e. The largest absolute Gasteiger partial charge is 0.468 e. The van der Waals surface area contributed by atoms with Crippen LogP contribution in [0, 0.1) is 5.51 Å². The summed E-state index contributed by atoms with van der Waals surface area (Å²) in [5.41, 5.74) is 2.49. The highest BCUT2D eigenvalue weighted by Gasteiger charge is 2.40. The van der Waals surface area contributed by atoms with Crippen LogP contribution in [0.25, 0.3) is 0 Å². The van der Waals surface area contributed by atoms with Crippen LogP contribution in [0.3, 0.4) is 0 Å². The Labute approximate surface area is 103 Å². The third-order valence-corrected chi connectivity index (χ3v) is 5.66. The zero-order valence-corrected chi connectivity index (χ0v) is 10.8. The van der Waals surface area contributed by atoms with E-state index in [1.54, 1.807) is 0 Å². The smallest absolute Gasteiger partial charge is 0.324 e. The minimum atomic E-state index is -3.64. The van der Waals surface area contributed by atoms with Gasteiger partial charge < -0.3 is 4.74 Å².